The monoisotopic (exact) mass is 348 g/mol. The van der Waals surface area contributed by atoms with E-state index in [1.165, 1.54) is 0 Å². The van der Waals surface area contributed by atoms with Crippen molar-refractivity contribution in [2.45, 2.75) is 18.9 Å². The number of nitrogens with zero attached hydrogens (tertiary/aromatic N) is 4. The van der Waals surface area contributed by atoms with Crippen LogP contribution in [-0.4, -0.2) is 39.1 Å². The molecule has 1 fully saturated rings. The number of methoxy groups -OCH3 is 1. The molecule has 3 aromatic rings. The van der Waals surface area contributed by atoms with Crippen molar-refractivity contribution in [1.82, 2.24) is 19.5 Å². The quantitative estimate of drug-likeness (QED) is 0.680. The summed E-state index contributed by atoms with van der Waals surface area (Å²) in [5, 5.41) is 8.54. The molecule has 1 amide bonds. The second-order valence-electron chi connectivity index (χ2n) is 6.25. The van der Waals surface area contributed by atoms with Gasteiger partial charge in [-0.2, -0.15) is 0 Å². The van der Waals surface area contributed by atoms with Crippen LogP contribution in [0.2, 0.25) is 0 Å². The summed E-state index contributed by atoms with van der Waals surface area (Å²) in [6, 6.07) is 13.4. The summed E-state index contributed by atoms with van der Waals surface area (Å²) in [6.45, 7) is 0.724. The Balaban J connectivity index is 1.58. The Morgan fingerprint density at radius 3 is 2.92 bits per heavy atom. The van der Waals surface area contributed by atoms with Gasteiger partial charge in [0.05, 0.1) is 13.2 Å². The fourth-order valence-electron chi connectivity index (χ4n) is 3.45. The van der Waals surface area contributed by atoms with Crippen molar-refractivity contribution in [3.05, 3.63) is 66.1 Å². The number of para-hydroxylation sites is 1. The molecule has 0 N–H and O–H groups in total. The predicted octanol–water partition coefficient (Wildman–Crippen LogP) is 3.11. The van der Waals surface area contributed by atoms with E-state index in [2.05, 4.69) is 10.2 Å². The number of ether oxygens (including phenoxy) is 1. The van der Waals surface area contributed by atoms with Gasteiger partial charge in [0.25, 0.3) is 0 Å². The maximum Gasteiger partial charge on any atom is 0.247 e. The number of carbonyl (C=O) groups excluding carboxylic acids is 1. The number of likely N-dealkylation sites (tertiary alicyclic amines) is 1. The number of hydrogen-bond acceptors (Lipinski definition) is 4. The van der Waals surface area contributed by atoms with Gasteiger partial charge < -0.3 is 9.64 Å². The number of rotatable bonds is 4. The van der Waals surface area contributed by atoms with Crippen molar-refractivity contribution >= 4 is 17.6 Å². The third-order valence-corrected chi connectivity index (χ3v) is 4.72. The molecular weight excluding hydrogens is 328 g/mol. The Hall–Kier alpha value is -3.15. The van der Waals surface area contributed by atoms with E-state index in [4.69, 9.17) is 4.74 Å². The lowest BCUT2D eigenvalue weighted by Gasteiger charge is -2.22. The number of hydrogen-bond donors (Lipinski definition) is 0. The molecule has 3 heterocycles. The van der Waals surface area contributed by atoms with E-state index < -0.39 is 0 Å². The van der Waals surface area contributed by atoms with Crippen molar-refractivity contribution < 1.29 is 9.53 Å². The summed E-state index contributed by atoms with van der Waals surface area (Å²) in [4.78, 5) is 14.7. The van der Waals surface area contributed by atoms with Gasteiger partial charge in [-0.05, 0) is 37.1 Å². The number of fused-ring (bicyclic) bond motifs is 1. The van der Waals surface area contributed by atoms with E-state index in [1.54, 1.807) is 19.3 Å². The maximum absolute atomic E-state index is 12.8. The zero-order valence-corrected chi connectivity index (χ0v) is 14.6. The largest absolute Gasteiger partial charge is 0.496 e. The van der Waals surface area contributed by atoms with Crippen LogP contribution in [0, 0.1) is 0 Å². The molecule has 6 nitrogen and oxygen atoms in total. The third-order valence-electron chi connectivity index (χ3n) is 4.72. The van der Waals surface area contributed by atoms with Gasteiger partial charge in [0.15, 0.2) is 11.5 Å². The second-order valence-corrected chi connectivity index (χ2v) is 6.25. The van der Waals surface area contributed by atoms with Crippen LogP contribution in [0.1, 0.15) is 30.3 Å². The molecule has 1 aromatic carbocycles. The zero-order valence-electron chi connectivity index (χ0n) is 14.6. The molecule has 0 saturated carbocycles. The number of pyridine rings is 1. The molecule has 6 heteroatoms. The third kappa shape index (κ3) is 2.94. The summed E-state index contributed by atoms with van der Waals surface area (Å²) >= 11 is 0. The average molecular weight is 348 g/mol. The van der Waals surface area contributed by atoms with E-state index in [0.29, 0.717) is 0 Å². The fourth-order valence-corrected chi connectivity index (χ4v) is 3.45. The number of carbonyl (C=O) groups is 1. The van der Waals surface area contributed by atoms with Gasteiger partial charge in [-0.15, -0.1) is 10.2 Å². The summed E-state index contributed by atoms with van der Waals surface area (Å²) in [5.41, 5.74) is 1.68. The first-order valence-corrected chi connectivity index (χ1v) is 8.69. The molecule has 4 rings (SSSR count). The number of benzene rings is 1. The Bertz CT molecular complexity index is 963. The van der Waals surface area contributed by atoms with Crippen LogP contribution in [0.5, 0.6) is 5.75 Å². The molecule has 0 unspecified atom stereocenters. The predicted molar refractivity (Wildman–Crippen MR) is 98.7 cm³/mol. The van der Waals surface area contributed by atoms with E-state index in [1.807, 2.05) is 58.0 Å². The van der Waals surface area contributed by atoms with Crippen LogP contribution in [0.3, 0.4) is 0 Å². The molecule has 0 spiro atoms. The molecule has 1 aliphatic heterocycles. The van der Waals surface area contributed by atoms with E-state index in [-0.39, 0.29) is 11.9 Å². The van der Waals surface area contributed by atoms with Crippen LogP contribution in [0.4, 0.5) is 0 Å². The Morgan fingerprint density at radius 1 is 1.19 bits per heavy atom. The van der Waals surface area contributed by atoms with Gasteiger partial charge in [-0.1, -0.05) is 24.3 Å². The zero-order chi connectivity index (χ0) is 17.9. The van der Waals surface area contributed by atoms with Crippen LogP contribution in [0.25, 0.3) is 11.7 Å². The van der Waals surface area contributed by atoms with E-state index in [9.17, 15) is 4.79 Å². The molecular formula is C20H20N4O2. The minimum Gasteiger partial charge on any atom is -0.496 e. The minimum absolute atomic E-state index is 0.0221. The lowest BCUT2D eigenvalue weighted by Crippen LogP contribution is -2.30. The average Bonchev–Trinajstić information content (AvgIpc) is 3.32. The smallest absolute Gasteiger partial charge is 0.247 e. The van der Waals surface area contributed by atoms with Crippen molar-refractivity contribution in [2.24, 2.45) is 0 Å². The lowest BCUT2D eigenvalue weighted by atomic mass is 10.1. The van der Waals surface area contributed by atoms with Crippen LogP contribution < -0.4 is 4.74 Å². The van der Waals surface area contributed by atoms with Crippen LogP contribution in [-0.2, 0) is 4.79 Å². The van der Waals surface area contributed by atoms with Gasteiger partial charge in [0, 0.05) is 24.4 Å². The molecule has 26 heavy (non-hydrogen) atoms. The topological polar surface area (TPSA) is 59.7 Å². The molecule has 2 aromatic heterocycles. The van der Waals surface area contributed by atoms with Gasteiger partial charge in [0.2, 0.25) is 5.91 Å². The summed E-state index contributed by atoms with van der Waals surface area (Å²) in [6.07, 6.45) is 7.21. The Kier molecular flexibility index (Phi) is 4.39. The van der Waals surface area contributed by atoms with Crippen molar-refractivity contribution in [1.29, 1.82) is 0 Å². The van der Waals surface area contributed by atoms with Crippen molar-refractivity contribution in [3.63, 3.8) is 0 Å². The first-order chi connectivity index (χ1) is 12.8. The van der Waals surface area contributed by atoms with E-state index in [0.717, 1.165) is 42.2 Å². The molecule has 0 bridgehead atoms. The molecule has 0 aliphatic carbocycles. The summed E-state index contributed by atoms with van der Waals surface area (Å²) < 4.78 is 7.29. The van der Waals surface area contributed by atoms with Gasteiger partial charge >= 0.3 is 0 Å². The maximum atomic E-state index is 12.8. The SMILES string of the molecule is COc1ccccc1/C=C\C(=O)N1CCC[C@@H]1c1nnc2ccccn12. The standard InChI is InChI=1S/C20H20N4O2/c1-26-17-9-3-2-7-15(17)11-12-19(25)23-14-6-8-16(23)20-22-21-18-10-4-5-13-24(18)20/h2-5,7,9-13,16H,6,8,14H2,1H3/b12-11-/t16-/m1/s1. The molecule has 1 atom stereocenters. The Morgan fingerprint density at radius 2 is 2.04 bits per heavy atom. The fraction of sp³-hybridized carbons (Fsp3) is 0.250. The Labute approximate surface area is 151 Å². The van der Waals surface area contributed by atoms with Crippen LogP contribution >= 0.6 is 0 Å². The van der Waals surface area contributed by atoms with Crippen LogP contribution in [0.15, 0.2) is 54.7 Å². The highest BCUT2D eigenvalue weighted by Gasteiger charge is 2.32. The van der Waals surface area contributed by atoms with Crippen molar-refractivity contribution in [2.75, 3.05) is 13.7 Å². The van der Waals surface area contributed by atoms with Gasteiger partial charge in [0.1, 0.15) is 5.75 Å². The number of amides is 1. The highest BCUT2D eigenvalue weighted by Crippen LogP contribution is 2.31. The van der Waals surface area contributed by atoms with Crippen molar-refractivity contribution in [3.8, 4) is 5.75 Å². The van der Waals surface area contributed by atoms with Gasteiger partial charge in [-0.25, -0.2) is 0 Å². The molecule has 1 saturated heterocycles. The second kappa shape index (κ2) is 7.00. The highest BCUT2D eigenvalue weighted by atomic mass is 16.5. The van der Waals surface area contributed by atoms with Gasteiger partial charge in [-0.3, -0.25) is 9.20 Å². The molecule has 1 aliphatic rings. The number of aromatic nitrogens is 3. The first kappa shape index (κ1) is 16.3. The minimum atomic E-state index is -0.0535. The van der Waals surface area contributed by atoms with E-state index >= 15 is 0 Å². The summed E-state index contributed by atoms with van der Waals surface area (Å²) in [7, 11) is 1.63. The normalized spacial score (nSPS) is 17.3. The molecule has 0 radical (unpaired) electrons. The highest BCUT2D eigenvalue weighted by molar-refractivity contribution is 5.92. The summed E-state index contributed by atoms with van der Waals surface area (Å²) in [5.74, 6) is 1.54. The first-order valence-electron chi connectivity index (χ1n) is 8.69. The molecule has 132 valence electrons. The lowest BCUT2D eigenvalue weighted by molar-refractivity contribution is -0.127.